The van der Waals surface area contributed by atoms with Crippen molar-refractivity contribution < 1.29 is 4.74 Å². The highest BCUT2D eigenvalue weighted by Gasteiger charge is 2.10. The van der Waals surface area contributed by atoms with Gasteiger partial charge in [0.25, 0.3) is 0 Å². The van der Waals surface area contributed by atoms with E-state index in [1.54, 1.807) is 17.4 Å². The normalized spacial score (nSPS) is 10.8. The maximum Gasteiger partial charge on any atom is 0.127 e. The number of nitrogens with one attached hydrogen (secondary N) is 1. The van der Waals surface area contributed by atoms with Crippen molar-refractivity contribution >= 4 is 34.5 Å². The molecule has 1 aromatic heterocycles. The molecule has 0 bridgehead atoms. The lowest BCUT2D eigenvalue weighted by Crippen LogP contribution is -2.12. The lowest BCUT2D eigenvalue weighted by Gasteiger charge is -2.07. The molecule has 0 amide bonds. The number of rotatable bonds is 7. The number of aromatic nitrogens is 1. The molecule has 0 atom stereocenters. The van der Waals surface area contributed by atoms with Gasteiger partial charge in [0.05, 0.1) is 11.5 Å². The number of hydrogen-bond acceptors (Lipinski definition) is 4. The van der Waals surface area contributed by atoms with Gasteiger partial charge < -0.3 is 10.1 Å². The number of benzene rings is 2. The number of hydrogen-bond donors (Lipinski definition) is 1. The van der Waals surface area contributed by atoms with Crippen LogP contribution in [0.15, 0.2) is 48.7 Å². The molecule has 3 aromatic rings. The van der Waals surface area contributed by atoms with Crippen LogP contribution >= 0.6 is 34.5 Å². The van der Waals surface area contributed by atoms with Crippen molar-refractivity contribution in [1.82, 2.24) is 10.3 Å². The molecule has 0 radical (unpaired) electrons. The molecule has 0 fully saturated rings. The highest BCUT2D eigenvalue weighted by Crippen LogP contribution is 2.33. The Kier molecular flexibility index (Phi) is 6.32. The minimum Gasteiger partial charge on any atom is -0.493 e. The van der Waals surface area contributed by atoms with Gasteiger partial charge in [-0.1, -0.05) is 41.4 Å². The molecular weight excluding hydrogens is 375 g/mol. The minimum atomic E-state index is 0.645. The summed E-state index contributed by atoms with van der Waals surface area (Å²) in [5.41, 5.74) is 2.10. The van der Waals surface area contributed by atoms with Gasteiger partial charge in [-0.05, 0) is 36.8 Å². The first kappa shape index (κ1) is 18.2. The third-order valence-corrected chi connectivity index (χ3v) is 5.23. The summed E-state index contributed by atoms with van der Waals surface area (Å²) in [4.78, 5) is 5.61. The van der Waals surface area contributed by atoms with E-state index in [9.17, 15) is 0 Å². The SMILES string of the molecule is CCOc1ccccc1-c1cnc(CNCc2ccc(Cl)cc2Cl)s1. The maximum absolute atomic E-state index is 6.19. The van der Waals surface area contributed by atoms with Crippen LogP contribution in [0.25, 0.3) is 10.4 Å². The van der Waals surface area contributed by atoms with Crippen molar-refractivity contribution in [2.75, 3.05) is 6.61 Å². The minimum absolute atomic E-state index is 0.645. The molecule has 0 saturated carbocycles. The average molecular weight is 393 g/mol. The number of thiazole rings is 1. The van der Waals surface area contributed by atoms with Gasteiger partial charge in [0.2, 0.25) is 0 Å². The van der Waals surface area contributed by atoms with Gasteiger partial charge in [-0.25, -0.2) is 4.98 Å². The summed E-state index contributed by atoms with van der Waals surface area (Å²) in [7, 11) is 0. The first-order valence-corrected chi connectivity index (χ1v) is 9.56. The summed E-state index contributed by atoms with van der Waals surface area (Å²) in [5.74, 6) is 0.890. The van der Waals surface area contributed by atoms with Crippen LogP contribution in [0.2, 0.25) is 10.0 Å². The van der Waals surface area contributed by atoms with Gasteiger partial charge in [-0.2, -0.15) is 0 Å². The molecule has 0 unspecified atom stereocenters. The van der Waals surface area contributed by atoms with Gasteiger partial charge in [-0.15, -0.1) is 11.3 Å². The van der Waals surface area contributed by atoms with Crippen molar-refractivity contribution in [2.24, 2.45) is 0 Å². The zero-order valence-corrected chi connectivity index (χ0v) is 16.1. The number of para-hydroxylation sites is 1. The third kappa shape index (κ3) is 4.73. The highest BCUT2D eigenvalue weighted by molar-refractivity contribution is 7.15. The van der Waals surface area contributed by atoms with Crippen molar-refractivity contribution in [3.8, 4) is 16.2 Å². The van der Waals surface area contributed by atoms with E-state index in [4.69, 9.17) is 27.9 Å². The summed E-state index contributed by atoms with van der Waals surface area (Å²) >= 11 is 13.8. The average Bonchev–Trinajstić information content (AvgIpc) is 3.06. The molecule has 2 aromatic carbocycles. The first-order valence-electron chi connectivity index (χ1n) is 7.99. The summed E-state index contributed by atoms with van der Waals surface area (Å²) < 4.78 is 5.70. The molecule has 0 aliphatic rings. The van der Waals surface area contributed by atoms with Crippen LogP contribution in [0.3, 0.4) is 0 Å². The Morgan fingerprint density at radius 1 is 1.12 bits per heavy atom. The monoisotopic (exact) mass is 392 g/mol. The van der Waals surface area contributed by atoms with Crippen LogP contribution in [0, 0.1) is 0 Å². The van der Waals surface area contributed by atoms with Crippen LogP contribution in [-0.2, 0) is 13.1 Å². The lowest BCUT2D eigenvalue weighted by atomic mass is 10.2. The van der Waals surface area contributed by atoms with Crippen molar-refractivity contribution in [3.63, 3.8) is 0 Å². The number of halogens is 2. The highest BCUT2D eigenvalue weighted by atomic mass is 35.5. The van der Waals surface area contributed by atoms with E-state index >= 15 is 0 Å². The van der Waals surface area contributed by atoms with Crippen LogP contribution in [0.1, 0.15) is 17.5 Å². The second-order valence-corrected chi connectivity index (χ2v) is 7.35. The molecule has 1 heterocycles. The topological polar surface area (TPSA) is 34.1 Å². The largest absolute Gasteiger partial charge is 0.493 e. The molecular formula is C19H18Cl2N2OS. The quantitative estimate of drug-likeness (QED) is 0.550. The standard InChI is InChI=1S/C19H18Cl2N2OS/c1-2-24-17-6-4-3-5-15(17)18-11-23-19(25-18)12-22-10-13-7-8-14(20)9-16(13)21/h3-9,11,22H,2,10,12H2,1H3. The fourth-order valence-electron chi connectivity index (χ4n) is 2.44. The molecule has 3 nitrogen and oxygen atoms in total. The Balaban J connectivity index is 1.64. The van der Waals surface area contributed by atoms with Crippen LogP contribution in [-0.4, -0.2) is 11.6 Å². The lowest BCUT2D eigenvalue weighted by molar-refractivity contribution is 0.341. The van der Waals surface area contributed by atoms with Crippen LogP contribution in [0.5, 0.6) is 5.75 Å². The van der Waals surface area contributed by atoms with E-state index in [0.717, 1.165) is 26.8 Å². The predicted molar refractivity (Wildman–Crippen MR) is 106 cm³/mol. The number of ether oxygens (including phenoxy) is 1. The second kappa shape index (κ2) is 8.68. The summed E-state index contributed by atoms with van der Waals surface area (Å²) in [5, 5.41) is 5.71. The molecule has 25 heavy (non-hydrogen) atoms. The maximum atomic E-state index is 6.19. The van der Waals surface area contributed by atoms with E-state index in [2.05, 4.69) is 16.4 Å². The van der Waals surface area contributed by atoms with Crippen LogP contribution < -0.4 is 10.1 Å². The Morgan fingerprint density at radius 3 is 2.76 bits per heavy atom. The summed E-state index contributed by atoms with van der Waals surface area (Å²) in [6, 6.07) is 13.6. The van der Waals surface area contributed by atoms with E-state index < -0.39 is 0 Å². The first-order chi connectivity index (χ1) is 12.2. The Morgan fingerprint density at radius 2 is 1.96 bits per heavy atom. The molecule has 0 aliphatic carbocycles. The van der Waals surface area contributed by atoms with Gasteiger partial charge in [0.15, 0.2) is 0 Å². The van der Waals surface area contributed by atoms with Gasteiger partial charge in [-0.3, -0.25) is 0 Å². The van der Waals surface area contributed by atoms with Gasteiger partial charge in [0.1, 0.15) is 10.8 Å². The van der Waals surface area contributed by atoms with E-state index in [-0.39, 0.29) is 0 Å². The van der Waals surface area contributed by atoms with Crippen molar-refractivity contribution in [2.45, 2.75) is 20.0 Å². The Bertz CT molecular complexity index is 851. The molecule has 0 aliphatic heterocycles. The molecule has 3 rings (SSSR count). The van der Waals surface area contributed by atoms with E-state index in [0.29, 0.717) is 29.7 Å². The third-order valence-electron chi connectivity index (χ3n) is 3.61. The molecule has 130 valence electrons. The Hall–Kier alpha value is -1.59. The Labute approximate surface area is 161 Å². The molecule has 6 heteroatoms. The van der Waals surface area contributed by atoms with Crippen LogP contribution in [0.4, 0.5) is 0 Å². The summed E-state index contributed by atoms with van der Waals surface area (Å²) in [6.45, 7) is 3.98. The van der Waals surface area contributed by atoms with Gasteiger partial charge >= 0.3 is 0 Å². The summed E-state index contributed by atoms with van der Waals surface area (Å²) in [6.07, 6.45) is 1.90. The zero-order chi connectivity index (χ0) is 17.6. The predicted octanol–water partition coefficient (Wildman–Crippen LogP) is 5.81. The fraction of sp³-hybridized carbons (Fsp3) is 0.211. The smallest absolute Gasteiger partial charge is 0.127 e. The fourth-order valence-corrected chi connectivity index (χ4v) is 3.83. The van der Waals surface area contributed by atoms with Crippen molar-refractivity contribution in [3.05, 3.63) is 69.3 Å². The second-order valence-electron chi connectivity index (χ2n) is 5.39. The molecule has 0 saturated heterocycles. The zero-order valence-electron chi connectivity index (χ0n) is 13.8. The van der Waals surface area contributed by atoms with E-state index in [1.807, 2.05) is 43.5 Å². The molecule has 0 spiro atoms. The van der Waals surface area contributed by atoms with E-state index in [1.165, 1.54) is 0 Å². The van der Waals surface area contributed by atoms with Crippen molar-refractivity contribution in [1.29, 1.82) is 0 Å². The number of nitrogens with zero attached hydrogens (tertiary/aromatic N) is 1. The molecule has 1 N–H and O–H groups in total. The van der Waals surface area contributed by atoms with Gasteiger partial charge in [0, 0.05) is 34.9 Å².